The molecule has 3 nitrogen and oxygen atoms in total. The summed E-state index contributed by atoms with van der Waals surface area (Å²) in [7, 11) is -3.39. The molecule has 0 radical (unpaired) electrons. The molecule has 0 atom stereocenters. The fourth-order valence-electron chi connectivity index (χ4n) is 2.81. The van der Waals surface area contributed by atoms with Crippen LogP contribution in [0.2, 0.25) is 0 Å². The number of para-hydroxylation sites is 3. The van der Waals surface area contributed by atoms with Crippen LogP contribution in [-0.2, 0) is 0 Å². The first-order chi connectivity index (χ1) is 13.8. The van der Waals surface area contributed by atoms with Gasteiger partial charge >= 0.3 is 165 Å². The van der Waals surface area contributed by atoms with Crippen molar-refractivity contribution in [2.24, 2.45) is 0 Å². The Hall–Kier alpha value is -3.29. The Morgan fingerprint density at radius 3 is 0.964 bits per heavy atom. The van der Waals surface area contributed by atoms with Crippen molar-refractivity contribution in [2.45, 2.75) is 0 Å². The second-order valence-electron chi connectivity index (χ2n) is 6.17. The normalized spacial score (nSPS) is 11.4. The summed E-state index contributed by atoms with van der Waals surface area (Å²) in [5.74, 6) is 2.10. The second kappa shape index (κ2) is 8.60. The first kappa shape index (κ1) is 18.1. The van der Waals surface area contributed by atoms with E-state index in [1.807, 2.05) is 121 Å². The molecule has 0 spiro atoms. The quantitative estimate of drug-likeness (QED) is 0.361. The molecule has 4 rings (SSSR count). The molecule has 0 N–H and O–H groups in total. The molecule has 0 bridgehead atoms. The molecule has 28 heavy (non-hydrogen) atoms. The molecule has 4 heteroatoms. The number of benzene rings is 4. The van der Waals surface area contributed by atoms with E-state index < -0.39 is 7.94 Å². The van der Waals surface area contributed by atoms with E-state index in [4.69, 9.17) is 13.6 Å². The van der Waals surface area contributed by atoms with Gasteiger partial charge in [-0.1, -0.05) is 0 Å². The zero-order valence-electron chi connectivity index (χ0n) is 15.3. The van der Waals surface area contributed by atoms with Crippen LogP contribution in [0.1, 0.15) is 0 Å². The fourth-order valence-corrected chi connectivity index (χ4v) is 5.23. The van der Waals surface area contributed by atoms with Crippen LogP contribution in [0.15, 0.2) is 121 Å². The van der Waals surface area contributed by atoms with E-state index in [-0.39, 0.29) is 0 Å². The molecule has 0 aliphatic heterocycles. The van der Waals surface area contributed by atoms with Gasteiger partial charge in [-0.3, -0.25) is 0 Å². The Bertz CT molecular complexity index is 876. The Kier molecular flexibility index (Phi) is 5.56. The van der Waals surface area contributed by atoms with Gasteiger partial charge in [0.25, 0.3) is 0 Å². The predicted octanol–water partition coefficient (Wildman–Crippen LogP) is 6.04. The van der Waals surface area contributed by atoms with Crippen LogP contribution in [0.3, 0.4) is 0 Å². The van der Waals surface area contributed by atoms with E-state index in [0.29, 0.717) is 17.2 Å². The SMILES string of the molecule is c1ccc(O[PH](Oc2ccccc2)(Oc2ccccc2)c2ccccc2)cc1. The third-order valence-corrected chi connectivity index (χ3v) is 6.67. The number of hydrogen-bond donors (Lipinski definition) is 0. The third-order valence-electron chi connectivity index (χ3n) is 4.11. The molecule has 4 aromatic rings. The summed E-state index contributed by atoms with van der Waals surface area (Å²) in [5, 5.41) is 0.881. The van der Waals surface area contributed by atoms with Crippen molar-refractivity contribution in [1.82, 2.24) is 0 Å². The van der Waals surface area contributed by atoms with Crippen LogP contribution >= 0.6 is 7.94 Å². The summed E-state index contributed by atoms with van der Waals surface area (Å²) in [6.07, 6.45) is 0. The maximum absolute atomic E-state index is 6.49. The molecule has 0 heterocycles. The van der Waals surface area contributed by atoms with E-state index in [0.717, 1.165) is 5.30 Å². The van der Waals surface area contributed by atoms with Gasteiger partial charge in [-0.25, -0.2) is 0 Å². The van der Waals surface area contributed by atoms with Gasteiger partial charge < -0.3 is 0 Å². The maximum atomic E-state index is 6.49. The minimum absolute atomic E-state index is 0.699. The Labute approximate surface area is 165 Å². The van der Waals surface area contributed by atoms with E-state index in [9.17, 15) is 0 Å². The topological polar surface area (TPSA) is 27.7 Å². The zero-order valence-corrected chi connectivity index (χ0v) is 16.3. The van der Waals surface area contributed by atoms with E-state index in [1.54, 1.807) is 0 Å². The van der Waals surface area contributed by atoms with Gasteiger partial charge in [0, 0.05) is 0 Å². The van der Waals surface area contributed by atoms with Crippen LogP contribution < -0.4 is 18.9 Å². The summed E-state index contributed by atoms with van der Waals surface area (Å²) >= 11 is 0. The molecular weight excluding hydrogens is 367 g/mol. The molecule has 0 aliphatic rings. The van der Waals surface area contributed by atoms with Gasteiger partial charge in [-0.15, -0.1) is 0 Å². The first-order valence-electron chi connectivity index (χ1n) is 9.12. The third kappa shape index (κ3) is 4.33. The molecule has 4 aromatic carbocycles. The first-order valence-corrected chi connectivity index (χ1v) is 10.8. The standard InChI is InChI=1S/C24H21O3P/c1-5-13-21(14-6-1)25-28(24-19-11-4-12-20-24,26-22-15-7-2-8-16-22)27-23-17-9-3-10-18-23/h1-20,28H. The summed E-state index contributed by atoms with van der Waals surface area (Å²) in [6.45, 7) is 0. The van der Waals surface area contributed by atoms with Crippen molar-refractivity contribution < 1.29 is 13.6 Å². The number of hydrogen-bond acceptors (Lipinski definition) is 3. The zero-order chi connectivity index (χ0) is 19.1. The number of rotatable bonds is 7. The molecule has 0 fully saturated rings. The van der Waals surface area contributed by atoms with Crippen molar-refractivity contribution in [3.8, 4) is 17.2 Å². The monoisotopic (exact) mass is 388 g/mol. The molecule has 0 saturated carbocycles. The van der Waals surface area contributed by atoms with Crippen molar-refractivity contribution in [2.75, 3.05) is 0 Å². The van der Waals surface area contributed by atoms with Gasteiger partial charge in [-0.05, 0) is 0 Å². The fraction of sp³-hybridized carbons (Fsp3) is 0. The van der Waals surface area contributed by atoms with Crippen molar-refractivity contribution >= 4 is 13.2 Å². The van der Waals surface area contributed by atoms with Gasteiger partial charge in [-0.2, -0.15) is 0 Å². The molecule has 140 valence electrons. The van der Waals surface area contributed by atoms with Crippen LogP contribution in [0.25, 0.3) is 0 Å². The summed E-state index contributed by atoms with van der Waals surface area (Å²) in [6, 6.07) is 38.8. The van der Waals surface area contributed by atoms with Crippen molar-refractivity contribution in [3.05, 3.63) is 121 Å². The second-order valence-corrected chi connectivity index (χ2v) is 8.47. The molecule has 0 aromatic heterocycles. The average molecular weight is 388 g/mol. The Morgan fingerprint density at radius 2 is 0.643 bits per heavy atom. The molecule has 0 aliphatic carbocycles. The van der Waals surface area contributed by atoms with Crippen LogP contribution in [-0.4, -0.2) is 0 Å². The van der Waals surface area contributed by atoms with Crippen molar-refractivity contribution in [3.63, 3.8) is 0 Å². The summed E-state index contributed by atoms with van der Waals surface area (Å²) < 4.78 is 19.5. The van der Waals surface area contributed by atoms with E-state index >= 15 is 0 Å². The van der Waals surface area contributed by atoms with Crippen LogP contribution in [0.4, 0.5) is 0 Å². The van der Waals surface area contributed by atoms with Gasteiger partial charge in [0.05, 0.1) is 0 Å². The summed E-state index contributed by atoms with van der Waals surface area (Å²) in [4.78, 5) is 0. The average Bonchev–Trinajstić information content (AvgIpc) is 2.76. The van der Waals surface area contributed by atoms with Crippen LogP contribution in [0.5, 0.6) is 17.2 Å². The van der Waals surface area contributed by atoms with E-state index in [2.05, 4.69) is 0 Å². The predicted molar refractivity (Wildman–Crippen MR) is 116 cm³/mol. The minimum atomic E-state index is -3.39. The Morgan fingerprint density at radius 1 is 0.357 bits per heavy atom. The van der Waals surface area contributed by atoms with Crippen LogP contribution in [0, 0.1) is 0 Å². The summed E-state index contributed by atoms with van der Waals surface area (Å²) in [5.41, 5.74) is 0. The molecule has 0 saturated heterocycles. The van der Waals surface area contributed by atoms with Gasteiger partial charge in [0.15, 0.2) is 0 Å². The molecule has 0 unspecified atom stereocenters. The van der Waals surface area contributed by atoms with Gasteiger partial charge in [0.1, 0.15) is 0 Å². The Balaban J connectivity index is 1.82. The van der Waals surface area contributed by atoms with E-state index in [1.165, 1.54) is 0 Å². The molecule has 0 amide bonds. The van der Waals surface area contributed by atoms with Crippen molar-refractivity contribution in [1.29, 1.82) is 0 Å². The molecular formula is C24H21O3P. The van der Waals surface area contributed by atoms with Gasteiger partial charge in [0.2, 0.25) is 0 Å².